The molecule has 0 radical (unpaired) electrons. The summed E-state index contributed by atoms with van der Waals surface area (Å²) in [4.78, 5) is 24.5. The Morgan fingerprint density at radius 3 is 2.61 bits per heavy atom. The van der Waals surface area contributed by atoms with E-state index in [0.717, 1.165) is 10.9 Å². The molecule has 0 bridgehead atoms. The molecule has 1 aromatic heterocycles. The highest BCUT2D eigenvalue weighted by Gasteiger charge is 2.30. The SMILES string of the molecule is Cc1ccc(NC(=O)Cn2ncc(Cl)c(Cl)c2=O)cc1S(=O)(=O)N1CCC(CO)CC1. The van der Waals surface area contributed by atoms with E-state index in [2.05, 4.69) is 10.4 Å². The highest BCUT2D eigenvalue weighted by Crippen LogP contribution is 2.27. The lowest BCUT2D eigenvalue weighted by molar-refractivity contribution is -0.117. The van der Waals surface area contributed by atoms with Crippen LogP contribution in [0.1, 0.15) is 18.4 Å². The number of carbonyl (C=O) groups excluding carboxylic acids is 1. The molecule has 1 saturated heterocycles. The Balaban J connectivity index is 1.77. The lowest BCUT2D eigenvalue weighted by Crippen LogP contribution is -2.39. The molecule has 2 heterocycles. The third-order valence-corrected chi connectivity index (χ3v) is 7.95. The van der Waals surface area contributed by atoms with Gasteiger partial charge in [-0.05, 0) is 43.4 Å². The standard InChI is InChI=1S/C19H22Cl2N4O5S/c1-12-2-3-14(23-17(27)10-25-19(28)18(21)15(20)9-22-25)8-16(12)31(29,30)24-6-4-13(11-26)5-7-24/h2-3,8-9,13,26H,4-7,10-11H2,1H3,(H,23,27). The fourth-order valence-corrected chi connectivity index (χ4v) is 5.31. The van der Waals surface area contributed by atoms with Crippen molar-refractivity contribution in [1.29, 1.82) is 0 Å². The van der Waals surface area contributed by atoms with Crippen molar-refractivity contribution in [2.75, 3.05) is 25.0 Å². The largest absolute Gasteiger partial charge is 0.396 e. The Morgan fingerprint density at radius 1 is 1.29 bits per heavy atom. The molecule has 31 heavy (non-hydrogen) atoms. The van der Waals surface area contributed by atoms with Crippen LogP contribution in [0.3, 0.4) is 0 Å². The average molecular weight is 489 g/mol. The van der Waals surface area contributed by atoms with Gasteiger partial charge in [-0.3, -0.25) is 9.59 Å². The van der Waals surface area contributed by atoms with Crippen LogP contribution in [0.5, 0.6) is 0 Å². The van der Waals surface area contributed by atoms with Crippen molar-refractivity contribution in [3.63, 3.8) is 0 Å². The lowest BCUT2D eigenvalue weighted by Gasteiger charge is -2.30. The molecule has 1 aliphatic rings. The number of aliphatic hydroxyl groups excluding tert-OH is 1. The molecule has 0 atom stereocenters. The Labute approximate surface area is 189 Å². The van der Waals surface area contributed by atoms with Crippen LogP contribution >= 0.6 is 23.2 Å². The molecule has 3 rings (SSSR count). The second-order valence-corrected chi connectivity index (χ2v) is 10.0. The number of halogens is 2. The van der Waals surface area contributed by atoms with Crippen molar-refractivity contribution in [2.24, 2.45) is 5.92 Å². The molecular weight excluding hydrogens is 467 g/mol. The van der Waals surface area contributed by atoms with Gasteiger partial charge in [-0.25, -0.2) is 13.1 Å². The molecule has 168 valence electrons. The third kappa shape index (κ3) is 5.27. The zero-order valence-electron chi connectivity index (χ0n) is 16.7. The summed E-state index contributed by atoms with van der Waals surface area (Å²) in [6.07, 6.45) is 2.35. The first-order valence-electron chi connectivity index (χ1n) is 9.56. The number of carbonyl (C=O) groups is 1. The van der Waals surface area contributed by atoms with E-state index in [1.807, 2.05) is 0 Å². The quantitative estimate of drug-likeness (QED) is 0.639. The molecule has 0 spiro atoms. The minimum atomic E-state index is -3.76. The number of aliphatic hydroxyl groups is 1. The maximum atomic E-state index is 13.1. The summed E-state index contributed by atoms with van der Waals surface area (Å²) in [5.74, 6) is -0.472. The van der Waals surface area contributed by atoms with Gasteiger partial charge in [0.15, 0.2) is 0 Å². The predicted molar refractivity (Wildman–Crippen MR) is 117 cm³/mol. The summed E-state index contributed by atoms with van der Waals surface area (Å²) in [6.45, 7) is 1.97. The maximum absolute atomic E-state index is 13.1. The van der Waals surface area contributed by atoms with E-state index in [1.165, 1.54) is 10.4 Å². The molecule has 1 fully saturated rings. The molecule has 1 aliphatic heterocycles. The van der Waals surface area contributed by atoms with Crippen LogP contribution in [-0.2, 0) is 21.4 Å². The van der Waals surface area contributed by atoms with Gasteiger partial charge in [0.2, 0.25) is 15.9 Å². The van der Waals surface area contributed by atoms with Gasteiger partial charge in [0, 0.05) is 25.4 Å². The van der Waals surface area contributed by atoms with Crippen molar-refractivity contribution in [3.8, 4) is 0 Å². The third-order valence-electron chi connectivity index (χ3n) is 5.16. The minimum Gasteiger partial charge on any atom is -0.396 e. The van der Waals surface area contributed by atoms with E-state index in [9.17, 15) is 23.1 Å². The molecule has 1 amide bonds. The van der Waals surface area contributed by atoms with Gasteiger partial charge in [0.05, 0.1) is 16.1 Å². The van der Waals surface area contributed by atoms with Crippen molar-refractivity contribution in [2.45, 2.75) is 31.2 Å². The van der Waals surface area contributed by atoms with Gasteiger partial charge in [0.1, 0.15) is 11.6 Å². The number of nitrogens with zero attached hydrogens (tertiary/aromatic N) is 3. The van der Waals surface area contributed by atoms with Crippen LogP contribution in [0.15, 0.2) is 34.1 Å². The Hall–Kier alpha value is -1.98. The number of aryl methyl sites for hydroxylation is 1. The minimum absolute atomic E-state index is 0.0141. The maximum Gasteiger partial charge on any atom is 0.287 e. The predicted octanol–water partition coefficient (Wildman–Crippen LogP) is 1.89. The Bertz CT molecular complexity index is 1140. The van der Waals surface area contributed by atoms with Crippen molar-refractivity contribution in [1.82, 2.24) is 14.1 Å². The summed E-state index contributed by atoms with van der Waals surface area (Å²) in [7, 11) is -3.76. The molecule has 12 heteroatoms. The number of amides is 1. The number of aromatic nitrogens is 2. The van der Waals surface area contributed by atoms with E-state index >= 15 is 0 Å². The van der Waals surface area contributed by atoms with Crippen LogP contribution in [0.25, 0.3) is 0 Å². The number of piperidine rings is 1. The van der Waals surface area contributed by atoms with Crippen LogP contribution in [0.2, 0.25) is 10.0 Å². The number of rotatable bonds is 6. The van der Waals surface area contributed by atoms with Gasteiger partial charge >= 0.3 is 0 Å². The molecule has 2 N–H and O–H groups in total. The molecule has 0 aliphatic carbocycles. The summed E-state index contributed by atoms with van der Waals surface area (Å²) >= 11 is 11.5. The molecule has 9 nitrogen and oxygen atoms in total. The first kappa shape index (κ1) is 23.7. The van der Waals surface area contributed by atoms with E-state index in [4.69, 9.17) is 23.2 Å². The molecular formula is C19H22Cl2N4O5S. The van der Waals surface area contributed by atoms with E-state index < -0.39 is 28.0 Å². The number of anilines is 1. The second-order valence-electron chi connectivity index (χ2n) is 7.33. The fraction of sp³-hybridized carbons (Fsp3) is 0.421. The first-order valence-corrected chi connectivity index (χ1v) is 11.8. The molecule has 0 unspecified atom stereocenters. The van der Waals surface area contributed by atoms with Gasteiger partial charge in [0.25, 0.3) is 5.56 Å². The fourth-order valence-electron chi connectivity index (χ4n) is 3.32. The summed E-state index contributed by atoms with van der Waals surface area (Å²) in [5, 5.41) is 15.4. The Kier molecular flexibility index (Phi) is 7.38. The summed E-state index contributed by atoms with van der Waals surface area (Å²) in [5.41, 5.74) is 0.111. The average Bonchev–Trinajstić information content (AvgIpc) is 2.75. The first-order chi connectivity index (χ1) is 14.6. The van der Waals surface area contributed by atoms with Gasteiger partial charge in [-0.15, -0.1) is 0 Å². The van der Waals surface area contributed by atoms with Gasteiger partial charge < -0.3 is 10.4 Å². The molecule has 1 aromatic carbocycles. The topological polar surface area (TPSA) is 122 Å². The number of hydrogen-bond acceptors (Lipinski definition) is 6. The highest BCUT2D eigenvalue weighted by atomic mass is 35.5. The van der Waals surface area contributed by atoms with Crippen LogP contribution < -0.4 is 10.9 Å². The Morgan fingerprint density at radius 2 is 1.97 bits per heavy atom. The zero-order valence-corrected chi connectivity index (χ0v) is 19.0. The monoisotopic (exact) mass is 488 g/mol. The van der Waals surface area contributed by atoms with Crippen molar-refractivity contribution >= 4 is 44.8 Å². The van der Waals surface area contributed by atoms with Gasteiger partial charge in [-0.2, -0.15) is 9.40 Å². The van der Waals surface area contributed by atoms with E-state index in [1.54, 1.807) is 19.1 Å². The smallest absolute Gasteiger partial charge is 0.287 e. The number of benzene rings is 1. The summed E-state index contributed by atoms with van der Waals surface area (Å²) < 4.78 is 28.5. The summed E-state index contributed by atoms with van der Waals surface area (Å²) in [6, 6.07) is 4.58. The second kappa shape index (κ2) is 9.66. The van der Waals surface area contributed by atoms with Crippen molar-refractivity contribution < 1.29 is 18.3 Å². The normalized spacial score (nSPS) is 15.7. The number of nitrogens with one attached hydrogen (secondary N) is 1. The van der Waals surface area contributed by atoms with Crippen LogP contribution in [-0.4, -0.2) is 53.2 Å². The highest BCUT2D eigenvalue weighted by molar-refractivity contribution is 7.89. The van der Waals surface area contributed by atoms with Gasteiger partial charge in [-0.1, -0.05) is 29.3 Å². The molecule has 0 saturated carbocycles. The van der Waals surface area contributed by atoms with Crippen molar-refractivity contribution in [3.05, 3.63) is 50.4 Å². The van der Waals surface area contributed by atoms with Crippen LogP contribution in [0, 0.1) is 12.8 Å². The lowest BCUT2D eigenvalue weighted by atomic mass is 10.00. The number of sulfonamides is 1. The number of hydrogen-bond donors (Lipinski definition) is 2. The zero-order chi connectivity index (χ0) is 22.8. The van der Waals surface area contributed by atoms with E-state index in [0.29, 0.717) is 31.5 Å². The molecule has 2 aromatic rings. The van der Waals surface area contributed by atoms with E-state index in [-0.39, 0.29) is 33.2 Å². The van der Waals surface area contributed by atoms with Crippen LogP contribution in [0.4, 0.5) is 5.69 Å².